The number of hydrogen-bond donors (Lipinski definition) is 1. The van der Waals surface area contributed by atoms with Crippen molar-refractivity contribution in [3.63, 3.8) is 0 Å². The quantitative estimate of drug-likeness (QED) is 0.309. The molecule has 0 atom stereocenters. The maximum Gasteiger partial charge on any atom is 0.251 e. The molecule has 2 heterocycles. The van der Waals surface area contributed by atoms with Crippen molar-refractivity contribution in [2.45, 2.75) is 24.8 Å². The predicted molar refractivity (Wildman–Crippen MR) is 156 cm³/mol. The lowest BCUT2D eigenvalue weighted by molar-refractivity contribution is 0.0951. The Morgan fingerprint density at radius 1 is 1.03 bits per heavy atom. The molecule has 0 radical (unpaired) electrons. The van der Waals surface area contributed by atoms with E-state index in [9.17, 15) is 4.79 Å². The van der Waals surface area contributed by atoms with Gasteiger partial charge < -0.3 is 24.8 Å². The lowest BCUT2D eigenvalue weighted by Crippen LogP contribution is -2.47. The number of amides is 1. The fraction of sp³-hybridized carbons (Fsp3) is 0.414. The molecule has 4 rings (SSSR count). The third-order valence-electron chi connectivity index (χ3n) is 6.76. The summed E-state index contributed by atoms with van der Waals surface area (Å²) >= 11 is 1.61. The Morgan fingerprint density at radius 2 is 1.74 bits per heavy atom. The number of aromatic nitrogens is 2. The van der Waals surface area contributed by atoms with E-state index >= 15 is 0 Å². The van der Waals surface area contributed by atoms with E-state index in [0.717, 1.165) is 66.3 Å². The van der Waals surface area contributed by atoms with Gasteiger partial charge in [0.05, 0.1) is 7.11 Å². The third kappa shape index (κ3) is 7.17. The third-order valence-corrected chi connectivity index (χ3v) is 7.68. The number of carbonyl (C=O) groups is 1. The van der Waals surface area contributed by atoms with Gasteiger partial charge in [-0.15, -0.1) is 0 Å². The van der Waals surface area contributed by atoms with Gasteiger partial charge in [0, 0.05) is 67.5 Å². The van der Waals surface area contributed by atoms with E-state index in [1.165, 1.54) is 5.69 Å². The lowest BCUT2D eigenvalue weighted by atomic mass is 10.1. The first-order chi connectivity index (χ1) is 18.3. The van der Waals surface area contributed by atoms with Crippen LogP contribution in [0, 0.1) is 13.8 Å². The minimum absolute atomic E-state index is 0.0443. The van der Waals surface area contributed by atoms with Gasteiger partial charge in [-0.2, -0.15) is 0 Å². The topological polar surface area (TPSA) is 73.8 Å². The van der Waals surface area contributed by atoms with Gasteiger partial charge in [0.1, 0.15) is 11.6 Å². The van der Waals surface area contributed by atoms with Crippen molar-refractivity contribution in [2.75, 3.05) is 70.3 Å². The van der Waals surface area contributed by atoms with Crippen LogP contribution in [0.2, 0.25) is 0 Å². The van der Waals surface area contributed by atoms with Crippen LogP contribution in [0.5, 0.6) is 5.75 Å². The van der Waals surface area contributed by atoms with Crippen molar-refractivity contribution in [2.24, 2.45) is 0 Å². The van der Waals surface area contributed by atoms with E-state index in [-0.39, 0.29) is 5.91 Å². The molecule has 2 aromatic carbocycles. The van der Waals surface area contributed by atoms with E-state index in [2.05, 4.69) is 41.1 Å². The molecule has 1 aromatic heterocycles. The van der Waals surface area contributed by atoms with Gasteiger partial charge in [0.15, 0.2) is 5.16 Å². The Kier molecular flexibility index (Phi) is 9.47. The first-order valence-corrected chi connectivity index (χ1v) is 14.0. The van der Waals surface area contributed by atoms with Gasteiger partial charge in [-0.1, -0.05) is 23.9 Å². The standard InChI is InChI=1S/C29H38N6O2S/c1-21-22(2)31-29(38-20-23-7-6-8-24(19-23)28(36)30-13-14-33(3)4)32-27(21)35-17-15-34(16-18-35)25-9-11-26(37-5)12-10-25/h6-12,19H,13-18,20H2,1-5H3,(H,30,36). The normalized spacial score (nSPS) is 13.6. The molecule has 0 spiro atoms. The van der Waals surface area contributed by atoms with E-state index in [0.29, 0.717) is 17.9 Å². The second kappa shape index (κ2) is 13.0. The summed E-state index contributed by atoms with van der Waals surface area (Å²) in [4.78, 5) is 29.1. The molecule has 8 nitrogen and oxygen atoms in total. The first-order valence-electron chi connectivity index (χ1n) is 13.0. The summed E-state index contributed by atoms with van der Waals surface area (Å²) in [5, 5.41) is 3.75. The number of likely N-dealkylation sites (N-methyl/N-ethyl adjacent to an activating group) is 1. The van der Waals surface area contributed by atoms with Gasteiger partial charge in [0.25, 0.3) is 5.91 Å². The average Bonchev–Trinajstić information content (AvgIpc) is 2.93. The number of anilines is 2. The molecule has 202 valence electrons. The molecule has 0 saturated carbocycles. The van der Waals surface area contributed by atoms with Crippen LogP contribution in [0.1, 0.15) is 27.2 Å². The number of methoxy groups -OCH3 is 1. The fourth-order valence-corrected chi connectivity index (χ4v) is 5.20. The molecule has 9 heteroatoms. The van der Waals surface area contributed by atoms with E-state index in [1.807, 2.05) is 55.4 Å². The van der Waals surface area contributed by atoms with Crippen molar-refractivity contribution in [3.8, 4) is 5.75 Å². The molecule has 0 unspecified atom stereocenters. The molecular weight excluding hydrogens is 496 g/mol. The molecule has 38 heavy (non-hydrogen) atoms. The zero-order valence-electron chi connectivity index (χ0n) is 23.0. The van der Waals surface area contributed by atoms with Crippen LogP contribution in [0.25, 0.3) is 0 Å². The van der Waals surface area contributed by atoms with Crippen LogP contribution < -0.4 is 19.9 Å². The average molecular weight is 535 g/mol. The second-order valence-corrected chi connectivity index (χ2v) is 10.7. The molecule has 1 fully saturated rings. The summed E-state index contributed by atoms with van der Waals surface area (Å²) in [6.07, 6.45) is 0. The number of carbonyl (C=O) groups excluding carboxylic acids is 1. The number of benzene rings is 2. The van der Waals surface area contributed by atoms with Gasteiger partial charge in [-0.25, -0.2) is 9.97 Å². The van der Waals surface area contributed by atoms with Gasteiger partial charge in [-0.05, 0) is 69.9 Å². The number of hydrogen-bond acceptors (Lipinski definition) is 8. The molecule has 0 aliphatic carbocycles. The number of nitrogens with one attached hydrogen (secondary N) is 1. The van der Waals surface area contributed by atoms with Crippen molar-refractivity contribution in [1.82, 2.24) is 20.2 Å². The maximum atomic E-state index is 12.5. The Bertz CT molecular complexity index is 1230. The number of thioether (sulfide) groups is 1. The van der Waals surface area contributed by atoms with Gasteiger partial charge in [-0.3, -0.25) is 4.79 Å². The van der Waals surface area contributed by atoms with Crippen molar-refractivity contribution in [1.29, 1.82) is 0 Å². The van der Waals surface area contributed by atoms with Crippen molar-refractivity contribution >= 4 is 29.2 Å². The highest BCUT2D eigenvalue weighted by molar-refractivity contribution is 7.98. The minimum atomic E-state index is -0.0443. The molecule has 1 amide bonds. The number of nitrogens with zero attached hydrogens (tertiary/aromatic N) is 5. The van der Waals surface area contributed by atoms with E-state index < -0.39 is 0 Å². The molecule has 0 bridgehead atoms. The summed E-state index contributed by atoms with van der Waals surface area (Å²) in [5.41, 5.74) is 5.10. The molecule has 1 aliphatic rings. The molecular formula is C29H38N6O2S. The van der Waals surface area contributed by atoms with Crippen LogP contribution in [0.15, 0.2) is 53.7 Å². The van der Waals surface area contributed by atoms with Crippen LogP contribution in [0.4, 0.5) is 11.5 Å². The number of aryl methyl sites for hydroxylation is 1. The highest BCUT2D eigenvalue weighted by Crippen LogP contribution is 2.28. The highest BCUT2D eigenvalue weighted by atomic mass is 32.2. The maximum absolute atomic E-state index is 12.5. The smallest absolute Gasteiger partial charge is 0.251 e. The Balaban J connectivity index is 1.38. The first kappa shape index (κ1) is 27.7. The summed E-state index contributed by atoms with van der Waals surface area (Å²) in [7, 11) is 5.68. The zero-order valence-corrected chi connectivity index (χ0v) is 23.8. The number of ether oxygens (including phenoxy) is 1. The lowest BCUT2D eigenvalue weighted by Gasteiger charge is -2.37. The summed E-state index contributed by atoms with van der Waals surface area (Å²) < 4.78 is 5.29. The number of piperazine rings is 1. The molecule has 3 aromatic rings. The fourth-order valence-electron chi connectivity index (χ4n) is 4.38. The van der Waals surface area contributed by atoms with Crippen LogP contribution in [-0.4, -0.2) is 81.2 Å². The highest BCUT2D eigenvalue weighted by Gasteiger charge is 2.22. The SMILES string of the molecule is COc1ccc(N2CCN(c3nc(SCc4cccc(C(=O)NCCN(C)C)c4)nc(C)c3C)CC2)cc1. The Morgan fingerprint density at radius 3 is 2.42 bits per heavy atom. The zero-order chi connectivity index (χ0) is 27.1. The monoisotopic (exact) mass is 534 g/mol. The largest absolute Gasteiger partial charge is 0.497 e. The summed E-state index contributed by atoms with van der Waals surface area (Å²) in [6, 6.07) is 16.0. The Labute approximate surface area is 230 Å². The minimum Gasteiger partial charge on any atom is -0.497 e. The van der Waals surface area contributed by atoms with Crippen LogP contribution in [-0.2, 0) is 5.75 Å². The molecule has 1 saturated heterocycles. The Hall–Kier alpha value is -3.30. The van der Waals surface area contributed by atoms with E-state index in [1.54, 1.807) is 18.9 Å². The van der Waals surface area contributed by atoms with Gasteiger partial charge >= 0.3 is 0 Å². The van der Waals surface area contributed by atoms with E-state index in [4.69, 9.17) is 14.7 Å². The van der Waals surface area contributed by atoms with Crippen LogP contribution >= 0.6 is 11.8 Å². The van der Waals surface area contributed by atoms with Crippen molar-refractivity contribution < 1.29 is 9.53 Å². The summed E-state index contributed by atoms with van der Waals surface area (Å²) in [5.74, 6) is 2.55. The number of rotatable bonds is 10. The predicted octanol–water partition coefficient (Wildman–Crippen LogP) is 4.01. The van der Waals surface area contributed by atoms with Crippen molar-refractivity contribution in [3.05, 3.63) is 70.9 Å². The molecule has 1 aliphatic heterocycles. The second-order valence-electron chi connectivity index (χ2n) is 9.76. The molecule has 1 N–H and O–H groups in total. The summed E-state index contributed by atoms with van der Waals surface area (Å²) in [6.45, 7) is 9.26. The van der Waals surface area contributed by atoms with Crippen LogP contribution in [0.3, 0.4) is 0 Å². The van der Waals surface area contributed by atoms with Gasteiger partial charge in [0.2, 0.25) is 0 Å².